The summed E-state index contributed by atoms with van der Waals surface area (Å²) in [6, 6.07) is 12.2. The first kappa shape index (κ1) is 19.2. The summed E-state index contributed by atoms with van der Waals surface area (Å²) in [5.41, 5.74) is 5.26. The van der Waals surface area contributed by atoms with E-state index in [0.717, 1.165) is 54.3 Å². The number of nitrogens with zero attached hydrogens (tertiary/aromatic N) is 2. The van der Waals surface area contributed by atoms with Crippen molar-refractivity contribution in [3.63, 3.8) is 0 Å². The highest BCUT2D eigenvalue weighted by Crippen LogP contribution is 2.24. The zero-order valence-corrected chi connectivity index (χ0v) is 16.7. The van der Waals surface area contributed by atoms with Crippen molar-refractivity contribution >= 4 is 17.3 Å². The lowest BCUT2D eigenvalue weighted by Gasteiger charge is -2.34. The average Bonchev–Trinajstić information content (AvgIpc) is 2.65. The van der Waals surface area contributed by atoms with Crippen molar-refractivity contribution in [3.05, 3.63) is 53.1 Å². The molecule has 0 radical (unpaired) electrons. The fourth-order valence-electron chi connectivity index (χ4n) is 3.24. The number of benzene rings is 2. The van der Waals surface area contributed by atoms with Crippen LogP contribution in [-0.4, -0.2) is 50.6 Å². The summed E-state index contributed by atoms with van der Waals surface area (Å²) in [5, 5.41) is 2.96. The van der Waals surface area contributed by atoms with Gasteiger partial charge in [-0.15, -0.1) is 0 Å². The standard InChI is InChI=1S/C22H29N3O2/c1-16-5-6-17(2)21(13-16)27-15-22(26)23-20-8-7-19(14-18(20)3)25-11-9-24(4)10-12-25/h5-8,13-14H,9-12,15H2,1-4H3,(H,23,26). The molecular weight excluding hydrogens is 338 g/mol. The SMILES string of the molecule is Cc1ccc(C)c(OCC(=O)Nc2ccc(N3CCN(C)CC3)cc2C)c1. The van der Waals surface area contributed by atoms with Crippen LogP contribution in [0.25, 0.3) is 0 Å². The second-order valence-electron chi connectivity index (χ2n) is 7.40. The van der Waals surface area contributed by atoms with Crippen molar-refractivity contribution in [2.75, 3.05) is 50.1 Å². The van der Waals surface area contributed by atoms with Gasteiger partial charge in [-0.1, -0.05) is 12.1 Å². The Hall–Kier alpha value is -2.53. The summed E-state index contributed by atoms with van der Waals surface area (Å²) in [6.07, 6.45) is 0. The van der Waals surface area contributed by atoms with Crippen molar-refractivity contribution < 1.29 is 9.53 Å². The van der Waals surface area contributed by atoms with E-state index in [1.807, 2.05) is 45.0 Å². The molecule has 5 heteroatoms. The molecule has 5 nitrogen and oxygen atoms in total. The van der Waals surface area contributed by atoms with Crippen LogP contribution in [0.1, 0.15) is 16.7 Å². The Balaban J connectivity index is 1.58. The highest BCUT2D eigenvalue weighted by Gasteiger charge is 2.15. The molecule has 1 amide bonds. The van der Waals surface area contributed by atoms with Gasteiger partial charge in [-0.3, -0.25) is 4.79 Å². The quantitative estimate of drug-likeness (QED) is 0.880. The number of nitrogens with one attached hydrogen (secondary N) is 1. The molecule has 1 fully saturated rings. The minimum absolute atomic E-state index is 0.00391. The first-order valence-corrected chi connectivity index (χ1v) is 9.46. The topological polar surface area (TPSA) is 44.8 Å². The second-order valence-corrected chi connectivity index (χ2v) is 7.40. The lowest BCUT2D eigenvalue weighted by molar-refractivity contribution is -0.118. The van der Waals surface area contributed by atoms with Crippen LogP contribution in [0, 0.1) is 20.8 Å². The average molecular weight is 367 g/mol. The molecule has 1 aliphatic heterocycles. The number of carbonyl (C=O) groups is 1. The van der Waals surface area contributed by atoms with E-state index in [1.54, 1.807) is 0 Å². The summed E-state index contributed by atoms with van der Waals surface area (Å²) in [5.74, 6) is 0.610. The van der Waals surface area contributed by atoms with Gasteiger partial charge in [0.25, 0.3) is 5.91 Å². The third-order valence-electron chi connectivity index (χ3n) is 5.05. The van der Waals surface area contributed by atoms with Crippen molar-refractivity contribution in [2.45, 2.75) is 20.8 Å². The van der Waals surface area contributed by atoms with E-state index in [2.05, 4.69) is 34.3 Å². The van der Waals surface area contributed by atoms with Crippen LogP contribution in [0.3, 0.4) is 0 Å². The van der Waals surface area contributed by atoms with Crippen LogP contribution in [0.4, 0.5) is 11.4 Å². The van der Waals surface area contributed by atoms with Crippen molar-refractivity contribution in [2.24, 2.45) is 0 Å². The number of likely N-dealkylation sites (N-methyl/N-ethyl adjacent to an activating group) is 1. The Bertz CT molecular complexity index is 811. The molecule has 3 rings (SSSR count). The zero-order valence-electron chi connectivity index (χ0n) is 16.7. The molecule has 0 aromatic heterocycles. The molecule has 2 aromatic carbocycles. The predicted molar refractivity (Wildman–Crippen MR) is 111 cm³/mol. The van der Waals surface area contributed by atoms with E-state index in [9.17, 15) is 4.79 Å². The highest BCUT2D eigenvalue weighted by atomic mass is 16.5. The highest BCUT2D eigenvalue weighted by molar-refractivity contribution is 5.92. The number of aryl methyl sites for hydroxylation is 3. The van der Waals surface area contributed by atoms with Gasteiger partial charge in [0.15, 0.2) is 6.61 Å². The van der Waals surface area contributed by atoms with Crippen molar-refractivity contribution in [3.8, 4) is 5.75 Å². The lowest BCUT2D eigenvalue weighted by Crippen LogP contribution is -2.44. The molecule has 0 aliphatic carbocycles. The monoisotopic (exact) mass is 367 g/mol. The summed E-state index contributed by atoms with van der Waals surface area (Å²) in [6.45, 7) is 10.2. The Morgan fingerprint density at radius 2 is 1.74 bits per heavy atom. The maximum atomic E-state index is 12.3. The molecule has 0 spiro atoms. The summed E-state index contributed by atoms with van der Waals surface area (Å²) in [7, 11) is 2.15. The molecule has 1 heterocycles. The Labute approximate surface area is 161 Å². The normalized spacial score (nSPS) is 14.9. The third kappa shape index (κ3) is 5.01. The first-order valence-electron chi connectivity index (χ1n) is 9.46. The number of piperazine rings is 1. The molecule has 0 saturated carbocycles. The van der Waals surface area contributed by atoms with Gasteiger partial charge >= 0.3 is 0 Å². The molecule has 27 heavy (non-hydrogen) atoms. The molecule has 0 unspecified atom stereocenters. The van der Waals surface area contributed by atoms with Gasteiger partial charge in [0, 0.05) is 37.6 Å². The zero-order chi connectivity index (χ0) is 19.4. The maximum absolute atomic E-state index is 12.3. The van der Waals surface area contributed by atoms with Crippen molar-refractivity contribution in [1.29, 1.82) is 0 Å². The minimum Gasteiger partial charge on any atom is -0.483 e. The Morgan fingerprint density at radius 1 is 1.00 bits per heavy atom. The van der Waals surface area contributed by atoms with Gasteiger partial charge in [0.1, 0.15) is 5.75 Å². The number of amides is 1. The Morgan fingerprint density at radius 3 is 2.44 bits per heavy atom. The smallest absolute Gasteiger partial charge is 0.262 e. The molecule has 1 N–H and O–H groups in total. The molecule has 0 bridgehead atoms. The number of hydrogen-bond acceptors (Lipinski definition) is 4. The van der Waals surface area contributed by atoms with Gasteiger partial charge in [-0.2, -0.15) is 0 Å². The van der Waals surface area contributed by atoms with Gasteiger partial charge in [-0.05, 0) is 68.8 Å². The van der Waals surface area contributed by atoms with Gasteiger partial charge in [0.05, 0.1) is 0 Å². The van der Waals surface area contributed by atoms with E-state index in [4.69, 9.17) is 4.74 Å². The predicted octanol–water partition coefficient (Wildman–Crippen LogP) is 3.38. The molecule has 144 valence electrons. The molecule has 2 aromatic rings. The van der Waals surface area contributed by atoms with Crippen LogP contribution in [0.15, 0.2) is 36.4 Å². The summed E-state index contributed by atoms with van der Waals surface area (Å²) in [4.78, 5) is 17.0. The summed E-state index contributed by atoms with van der Waals surface area (Å²) >= 11 is 0. The van der Waals surface area contributed by atoms with E-state index in [-0.39, 0.29) is 12.5 Å². The number of ether oxygens (including phenoxy) is 1. The van der Waals surface area contributed by atoms with E-state index < -0.39 is 0 Å². The molecule has 0 atom stereocenters. The first-order chi connectivity index (χ1) is 12.9. The number of hydrogen-bond donors (Lipinski definition) is 1. The number of carbonyl (C=O) groups excluding carboxylic acids is 1. The fourth-order valence-corrected chi connectivity index (χ4v) is 3.24. The number of anilines is 2. The van der Waals surface area contributed by atoms with Crippen LogP contribution < -0.4 is 15.0 Å². The minimum atomic E-state index is -0.147. The lowest BCUT2D eigenvalue weighted by atomic mass is 10.1. The molecule has 1 aliphatic rings. The molecule has 1 saturated heterocycles. The van der Waals surface area contributed by atoms with Crippen LogP contribution >= 0.6 is 0 Å². The number of rotatable bonds is 5. The summed E-state index contributed by atoms with van der Waals surface area (Å²) < 4.78 is 5.70. The van der Waals surface area contributed by atoms with E-state index in [0.29, 0.717) is 0 Å². The second kappa shape index (κ2) is 8.44. The van der Waals surface area contributed by atoms with Crippen LogP contribution in [-0.2, 0) is 4.79 Å². The fraction of sp³-hybridized carbons (Fsp3) is 0.409. The van der Waals surface area contributed by atoms with Gasteiger partial charge in [0.2, 0.25) is 0 Å². The van der Waals surface area contributed by atoms with E-state index >= 15 is 0 Å². The molecular formula is C22H29N3O2. The van der Waals surface area contributed by atoms with Crippen molar-refractivity contribution in [1.82, 2.24) is 4.90 Å². The largest absolute Gasteiger partial charge is 0.483 e. The maximum Gasteiger partial charge on any atom is 0.262 e. The van der Waals surface area contributed by atoms with Gasteiger partial charge < -0.3 is 19.9 Å². The van der Waals surface area contributed by atoms with Gasteiger partial charge in [-0.25, -0.2) is 0 Å². The third-order valence-corrected chi connectivity index (χ3v) is 5.05. The van der Waals surface area contributed by atoms with Crippen LogP contribution in [0.5, 0.6) is 5.75 Å². The van der Waals surface area contributed by atoms with E-state index in [1.165, 1.54) is 5.69 Å². The Kier molecular flexibility index (Phi) is 6.01. The van der Waals surface area contributed by atoms with Crippen LogP contribution in [0.2, 0.25) is 0 Å².